The first-order valence-electron chi connectivity index (χ1n) is 13.9. The van der Waals surface area contributed by atoms with Gasteiger partial charge in [0.15, 0.2) is 10.7 Å². The summed E-state index contributed by atoms with van der Waals surface area (Å²) in [7, 11) is -9.11. The minimum absolute atomic E-state index is 0.0640. The first-order chi connectivity index (χ1) is 19.8. The highest BCUT2D eigenvalue weighted by atomic mass is 31.2. The van der Waals surface area contributed by atoms with Crippen molar-refractivity contribution in [2.75, 3.05) is 20.1 Å². The lowest BCUT2D eigenvalue weighted by molar-refractivity contribution is -0.123. The summed E-state index contributed by atoms with van der Waals surface area (Å²) in [5, 5.41) is 10.3. The summed E-state index contributed by atoms with van der Waals surface area (Å²) < 4.78 is 28.7. The van der Waals surface area contributed by atoms with Gasteiger partial charge < -0.3 is 34.9 Å². The number of amides is 2. The molecule has 0 aliphatic rings. The molecule has 1 aromatic carbocycles. The number of hydrazone groups is 1. The Labute approximate surface area is 253 Å². The number of nitrogens with zero attached hydrogens (tertiary/aromatic N) is 2. The Hall–Kier alpha value is -2.60. The van der Waals surface area contributed by atoms with Gasteiger partial charge in [0.2, 0.25) is 5.91 Å². The van der Waals surface area contributed by atoms with E-state index in [1.54, 1.807) is 0 Å². The third-order valence-electron chi connectivity index (χ3n) is 7.01. The number of carbonyl (C=O) groups is 3. The van der Waals surface area contributed by atoms with Crippen molar-refractivity contribution >= 4 is 39.2 Å². The number of benzene rings is 1. The van der Waals surface area contributed by atoms with Gasteiger partial charge in [-0.25, -0.2) is 4.79 Å². The number of hydrogen-bond donors (Lipinski definition) is 6. The van der Waals surface area contributed by atoms with Crippen LogP contribution in [-0.2, 0) is 30.1 Å². The van der Waals surface area contributed by atoms with Crippen LogP contribution >= 0.6 is 15.2 Å². The normalized spacial score (nSPS) is 14.7. The first-order valence-corrected chi connectivity index (χ1v) is 17.2. The predicted molar refractivity (Wildman–Crippen MR) is 162 cm³/mol. The van der Waals surface area contributed by atoms with Crippen LogP contribution in [0.25, 0.3) is 0 Å². The molecule has 43 heavy (non-hydrogen) atoms. The van der Waals surface area contributed by atoms with Crippen LogP contribution in [0.15, 0.2) is 35.4 Å². The molecule has 0 fully saturated rings. The molecule has 3 atom stereocenters. The van der Waals surface area contributed by atoms with Gasteiger partial charge in [-0.05, 0) is 30.7 Å². The standard InChI is InChI=1S/C27H46N4O10P2/c1-7-20(4)25(30-26(34)41-17-21-11-9-8-10-12-21)23(32)14-22(13-19(2)3)15-29-31(6)16-24(33)28-18-27(5,42(35,36)37)43(38,39)40/h8-12,15,19-20,22,25H,7,13-14,16-18H2,1-6H3,(H,28,33)(H,30,34)(H2,35,36,37)(H2,38,39,40)/b29-15+/t20-,22+,25+/m0/s1. The molecule has 0 heterocycles. The number of carbonyl (C=O) groups excluding carboxylic acids is 3. The molecule has 0 aliphatic heterocycles. The summed E-state index contributed by atoms with van der Waals surface area (Å²) in [4.78, 5) is 73.2. The highest BCUT2D eigenvalue weighted by Gasteiger charge is 2.56. The van der Waals surface area contributed by atoms with Crippen molar-refractivity contribution in [2.45, 2.75) is 71.4 Å². The average Bonchev–Trinajstić information content (AvgIpc) is 2.90. The van der Waals surface area contributed by atoms with E-state index in [2.05, 4.69) is 15.7 Å². The number of nitrogens with one attached hydrogen (secondary N) is 2. The Morgan fingerprint density at radius 1 is 1.07 bits per heavy atom. The van der Waals surface area contributed by atoms with Gasteiger partial charge in [0.05, 0.1) is 6.04 Å². The van der Waals surface area contributed by atoms with Crippen LogP contribution < -0.4 is 10.6 Å². The number of rotatable bonds is 18. The smallest absolute Gasteiger partial charge is 0.408 e. The fourth-order valence-electron chi connectivity index (χ4n) is 4.01. The van der Waals surface area contributed by atoms with Gasteiger partial charge in [-0.15, -0.1) is 0 Å². The van der Waals surface area contributed by atoms with E-state index in [1.807, 2.05) is 58.0 Å². The summed E-state index contributed by atoms with van der Waals surface area (Å²) in [5.74, 6) is -1.27. The summed E-state index contributed by atoms with van der Waals surface area (Å²) >= 11 is 0. The SMILES string of the molecule is CC[C@H](C)[C@@H](NC(=O)OCc1ccccc1)C(=O)C[C@H](/C=N/N(C)CC(=O)NCC(C)(P(=O)(O)O)P(=O)(O)O)CC(C)C. The minimum atomic E-state index is -5.29. The van der Waals surface area contributed by atoms with Crippen molar-refractivity contribution < 1.29 is 47.8 Å². The Balaban J connectivity index is 2.86. The van der Waals surface area contributed by atoms with Crippen LogP contribution in [0.1, 0.15) is 59.4 Å². The van der Waals surface area contributed by atoms with Gasteiger partial charge in [0.1, 0.15) is 13.2 Å². The van der Waals surface area contributed by atoms with Crippen molar-refractivity contribution in [3.63, 3.8) is 0 Å². The quantitative estimate of drug-likeness (QED) is 0.0773. The minimum Gasteiger partial charge on any atom is -0.445 e. The number of Topliss-reactive ketones (excluding diaryl/α,β-unsaturated/α-hetero) is 1. The Kier molecular flexibility index (Phi) is 15.2. The molecule has 0 radical (unpaired) electrons. The Morgan fingerprint density at radius 3 is 2.16 bits per heavy atom. The number of ether oxygens (including phenoxy) is 1. The average molecular weight is 649 g/mol. The van der Waals surface area contributed by atoms with Gasteiger partial charge >= 0.3 is 21.3 Å². The third-order valence-corrected chi connectivity index (χ3v) is 11.4. The van der Waals surface area contributed by atoms with E-state index in [0.717, 1.165) is 5.56 Å². The van der Waals surface area contributed by atoms with E-state index in [-0.39, 0.29) is 43.1 Å². The summed E-state index contributed by atoms with van der Waals surface area (Å²) in [6.45, 7) is 7.16. The molecule has 0 saturated heterocycles. The monoisotopic (exact) mass is 648 g/mol. The second-order valence-corrected chi connectivity index (χ2v) is 15.8. The molecular formula is C27H46N4O10P2. The molecule has 0 aliphatic carbocycles. The van der Waals surface area contributed by atoms with E-state index in [1.165, 1.54) is 18.3 Å². The van der Waals surface area contributed by atoms with Gasteiger partial charge in [-0.2, -0.15) is 5.10 Å². The number of alkyl carbamates (subject to hydrolysis) is 1. The maximum atomic E-state index is 13.4. The number of likely N-dealkylation sites (N-methyl/N-ethyl adjacent to an activating group) is 1. The zero-order valence-electron chi connectivity index (χ0n) is 25.5. The third kappa shape index (κ3) is 12.9. The van der Waals surface area contributed by atoms with Crippen molar-refractivity contribution in [1.82, 2.24) is 15.6 Å². The summed E-state index contributed by atoms with van der Waals surface area (Å²) in [6, 6.07) is 8.38. The molecule has 6 N–H and O–H groups in total. The van der Waals surface area contributed by atoms with Crippen LogP contribution in [0.3, 0.4) is 0 Å². The highest BCUT2D eigenvalue weighted by Crippen LogP contribution is 2.68. The Bertz CT molecular complexity index is 1160. The van der Waals surface area contributed by atoms with Crippen molar-refractivity contribution in [1.29, 1.82) is 0 Å². The lowest BCUT2D eigenvalue weighted by Gasteiger charge is -2.31. The predicted octanol–water partition coefficient (Wildman–Crippen LogP) is 3.05. The fraction of sp³-hybridized carbons (Fsp3) is 0.630. The second-order valence-electron chi connectivity index (χ2n) is 11.3. The van der Waals surface area contributed by atoms with Gasteiger partial charge in [0.25, 0.3) is 0 Å². The van der Waals surface area contributed by atoms with E-state index in [9.17, 15) is 43.1 Å². The van der Waals surface area contributed by atoms with Crippen molar-refractivity contribution in [3.8, 4) is 0 Å². The highest BCUT2D eigenvalue weighted by molar-refractivity contribution is 7.72. The Morgan fingerprint density at radius 2 is 1.65 bits per heavy atom. The van der Waals surface area contributed by atoms with Gasteiger partial charge in [-0.1, -0.05) is 64.4 Å². The van der Waals surface area contributed by atoms with Crippen LogP contribution in [-0.4, -0.2) is 79.7 Å². The molecule has 1 rings (SSSR count). The maximum Gasteiger partial charge on any atom is 0.408 e. The molecule has 16 heteroatoms. The maximum absolute atomic E-state index is 13.4. The van der Waals surface area contributed by atoms with Crippen LogP contribution in [0.5, 0.6) is 0 Å². The molecule has 0 saturated carbocycles. The van der Waals surface area contributed by atoms with Crippen LogP contribution in [0, 0.1) is 17.8 Å². The first kappa shape index (κ1) is 38.4. The van der Waals surface area contributed by atoms with E-state index < -0.39 is 44.7 Å². The lowest BCUT2D eigenvalue weighted by Crippen LogP contribution is -2.46. The molecule has 0 bridgehead atoms. The summed E-state index contributed by atoms with van der Waals surface area (Å²) in [6.07, 6.45) is 2.12. The largest absolute Gasteiger partial charge is 0.445 e. The lowest BCUT2D eigenvalue weighted by atomic mass is 9.87. The number of hydrogen-bond acceptors (Lipinski definition) is 8. The van der Waals surface area contributed by atoms with Crippen molar-refractivity contribution in [2.24, 2.45) is 22.9 Å². The molecular weight excluding hydrogens is 602 g/mol. The molecule has 0 unspecified atom stereocenters. The van der Waals surface area contributed by atoms with E-state index >= 15 is 0 Å². The molecule has 0 aromatic heterocycles. The molecule has 1 aromatic rings. The summed E-state index contributed by atoms with van der Waals surface area (Å²) in [5.41, 5.74) is 0.813. The van der Waals surface area contributed by atoms with E-state index in [4.69, 9.17) is 4.74 Å². The molecule has 2 amide bonds. The zero-order chi connectivity index (χ0) is 33.0. The van der Waals surface area contributed by atoms with Crippen LogP contribution in [0.4, 0.5) is 4.79 Å². The fourth-order valence-corrected chi connectivity index (χ4v) is 5.94. The van der Waals surface area contributed by atoms with E-state index in [0.29, 0.717) is 19.8 Å². The van der Waals surface area contributed by atoms with Crippen LogP contribution in [0.2, 0.25) is 0 Å². The zero-order valence-corrected chi connectivity index (χ0v) is 27.3. The molecule has 14 nitrogen and oxygen atoms in total. The van der Waals surface area contributed by atoms with Crippen molar-refractivity contribution in [3.05, 3.63) is 35.9 Å². The van der Waals surface area contributed by atoms with Gasteiger partial charge in [0, 0.05) is 32.1 Å². The molecule has 0 spiro atoms. The number of ketones is 1. The molecule has 244 valence electrons. The van der Waals surface area contributed by atoms with Gasteiger partial charge in [-0.3, -0.25) is 23.7 Å². The second kappa shape index (κ2) is 17.0. The topological polar surface area (TPSA) is 215 Å².